The van der Waals surface area contributed by atoms with E-state index in [9.17, 15) is 0 Å². The van der Waals surface area contributed by atoms with Crippen LogP contribution < -0.4 is 5.32 Å². The molecular weight excluding hydrogens is 212 g/mol. The van der Waals surface area contributed by atoms with E-state index < -0.39 is 0 Å². The molecule has 0 aromatic heterocycles. The topological polar surface area (TPSA) is 24.5 Å². The predicted octanol–water partition coefficient (Wildman–Crippen LogP) is 2.12. The van der Waals surface area contributed by atoms with Crippen LogP contribution in [0.4, 0.5) is 0 Å². The van der Waals surface area contributed by atoms with E-state index >= 15 is 0 Å². The van der Waals surface area contributed by atoms with Crippen molar-refractivity contribution in [3.63, 3.8) is 0 Å². The minimum absolute atomic E-state index is 0.00852. The second-order valence-corrected chi connectivity index (χ2v) is 6.16. The Morgan fingerprint density at radius 1 is 1.47 bits per heavy atom. The Labute approximate surface area is 107 Å². The first-order chi connectivity index (χ1) is 7.88. The quantitative estimate of drug-likeness (QED) is 0.799. The van der Waals surface area contributed by atoms with Crippen LogP contribution in [0.3, 0.4) is 0 Å². The normalized spacial score (nSPS) is 28.9. The van der Waals surface area contributed by atoms with Gasteiger partial charge in [0.25, 0.3) is 0 Å². The molecule has 17 heavy (non-hydrogen) atoms. The van der Waals surface area contributed by atoms with Crippen LogP contribution in [0.5, 0.6) is 0 Å². The van der Waals surface area contributed by atoms with Gasteiger partial charge < -0.3 is 10.1 Å². The van der Waals surface area contributed by atoms with Gasteiger partial charge in [-0.15, -0.1) is 0 Å². The molecule has 1 heterocycles. The molecule has 0 bridgehead atoms. The lowest BCUT2D eigenvalue weighted by Crippen LogP contribution is -2.55. The molecule has 1 fully saturated rings. The SMILES string of the molecule is CCC(C)C(CN1CC(C)OC(C)(C)C1)NC. The highest BCUT2D eigenvalue weighted by atomic mass is 16.5. The molecule has 0 radical (unpaired) electrons. The number of ether oxygens (including phenoxy) is 1. The van der Waals surface area contributed by atoms with Crippen LogP contribution in [-0.4, -0.2) is 49.3 Å². The van der Waals surface area contributed by atoms with Crippen molar-refractivity contribution in [2.75, 3.05) is 26.7 Å². The highest BCUT2D eigenvalue weighted by Crippen LogP contribution is 2.21. The number of morpholine rings is 1. The van der Waals surface area contributed by atoms with Gasteiger partial charge >= 0.3 is 0 Å². The molecule has 0 aliphatic carbocycles. The standard InChI is InChI=1S/C14H30N2O/c1-7-11(2)13(15-6)9-16-8-12(3)17-14(4,5)10-16/h11-13,15H,7-10H2,1-6H3. The van der Waals surface area contributed by atoms with E-state index in [0.717, 1.165) is 25.6 Å². The summed E-state index contributed by atoms with van der Waals surface area (Å²) in [6.07, 6.45) is 1.57. The predicted molar refractivity (Wildman–Crippen MR) is 73.4 cm³/mol. The highest BCUT2D eigenvalue weighted by Gasteiger charge is 2.32. The fourth-order valence-electron chi connectivity index (χ4n) is 2.84. The molecule has 0 aromatic rings. The number of likely N-dealkylation sites (N-methyl/N-ethyl adjacent to an activating group) is 1. The molecule has 3 atom stereocenters. The maximum absolute atomic E-state index is 5.94. The van der Waals surface area contributed by atoms with Gasteiger partial charge in [0.15, 0.2) is 0 Å². The largest absolute Gasteiger partial charge is 0.370 e. The summed E-state index contributed by atoms with van der Waals surface area (Å²) in [7, 11) is 2.08. The van der Waals surface area contributed by atoms with Crippen LogP contribution in [0.1, 0.15) is 41.0 Å². The summed E-state index contributed by atoms with van der Waals surface area (Å²) in [6.45, 7) is 14.4. The molecule has 0 saturated carbocycles. The van der Waals surface area contributed by atoms with Gasteiger partial charge in [0.2, 0.25) is 0 Å². The van der Waals surface area contributed by atoms with Gasteiger partial charge in [-0.2, -0.15) is 0 Å². The molecule has 102 valence electrons. The Morgan fingerprint density at radius 3 is 2.59 bits per heavy atom. The summed E-state index contributed by atoms with van der Waals surface area (Å²) < 4.78 is 5.94. The minimum Gasteiger partial charge on any atom is -0.370 e. The smallest absolute Gasteiger partial charge is 0.0757 e. The van der Waals surface area contributed by atoms with Crippen molar-refractivity contribution < 1.29 is 4.74 Å². The van der Waals surface area contributed by atoms with Crippen LogP contribution >= 0.6 is 0 Å². The van der Waals surface area contributed by atoms with Crippen molar-refractivity contribution in [2.24, 2.45) is 5.92 Å². The zero-order valence-electron chi connectivity index (χ0n) is 12.4. The zero-order chi connectivity index (χ0) is 13.1. The van der Waals surface area contributed by atoms with Crippen molar-refractivity contribution >= 4 is 0 Å². The Morgan fingerprint density at radius 2 is 2.12 bits per heavy atom. The van der Waals surface area contributed by atoms with Crippen molar-refractivity contribution in [2.45, 2.75) is 58.8 Å². The van der Waals surface area contributed by atoms with Crippen molar-refractivity contribution in [3.05, 3.63) is 0 Å². The van der Waals surface area contributed by atoms with E-state index in [1.54, 1.807) is 0 Å². The molecule has 0 aromatic carbocycles. The zero-order valence-corrected chi connectivity index (χ0v) is 12.4. The Bertz CT molecular complexity index is 230. The summed E-state index contributed by atoms with van der Waals surface area (Å²) in [4.78, 5) is 2.54. The average molecular weight is 242 g/mol. The molecule has 3 heteroatoms. The molecule has 1 rings (SSSR count). The molecule has 1 saturated heterocycles. The van der Waals surface area contributed by atoms with E-state index in [-0.39, 0.29) is 5.60 Å². The van der Waals surface area contributed by atoms with Gasteiger partial charge in [0.05, 0.1) is 11.7 Å². The van der Waals surface area contributed by atoms with Crippen LogP contribution in [0.2, 0.25) is 0 Å². The van der Waals surface area contributed by atoms with Gasteiger partial charge in [-0.1, -0.05) is 20.3 Å². The number of hydrogen-bond acceptors (Lipinski definition) is 3. The fourth-order valence-corrected chi connectivity index (χ4v) is 2.84. The van der Waals surface area contributed by atoms with Crippen molar-refractivity contribution in [3.8, 4) is 0 Å². The highest BCUT2D eigenvalue weighted by molar-refractivity contribution is 4.85. The average Bonchev–Trinajstić information content (AvgIpc) is 2.22. The lowest BCUT2D eigenvalue weighted by molar-refractivity contribution is -0.130. The second kappa shape index (κ2) is 6.17. The molecule has 0 spiro atoms. The molecule has 0 amide bonds. The first-order valence-corrected chi connectivity index (χ1v) is 6.95. The summed E-state index contributed by atoms with van der Waals surface area (Å²) in [6, 6.07) is 0.584. The number of nitrogens with one attached hydrogen (secondary N) is 1. The molecule has 1 aliphatic heterocycles. The Balaban J connectivity index is 2.54. The van der Waals surface area contributed by atoms with Crippen molar-refractivity contribution in [1.29, 1.82) is 0 Å². The van der Waals surface area contributed by atoms with Gasteiger partial charge in [0.1, 0.15) is 0 Å². The molecule has 3 nitrogen and oxygen atoms in total. The Kier molecular flexibility index (Phi) is 5.42. The van der Waals surface area contributed by atoms with Gasteiger partial charge in [-0.05, 0) is 33.7 Å². The maximum Gasteiger partial charge on any atom is 0.0757 e. The third-order valence-electron chi connectivity index (χ3n) is 3.80. The third kappa shape index (κ3) is 4.57. The van der Waals surface area contributed by atoms with Gasteiger partial charge in [-0.25, -0.2) is 0 Å². The molecular formula is C14H30N2O. The van der Waals surface area contributed by atoms with Gasteiger partial charge in [0, 0.05) is 25.7 Å². The summed E-state index contributed by atoms with van der Waals surface area (Å²) >= 11 is 0. The molecule has 3 unspecified atom stereocenters. The lowest BCUT2D eigenvalue weighted by Gasteiger charge is -2.43. The molecule has 1 N–H and O–H groups in total. The van der Waals surface area contributed by atoms with Crippen LogP contribution in [0, 0.1) is 5.92 Å². The van der Waals surface area contributed by atoms with E-state index in [2.05, 4.69) is 51.9 Å². The summed E-state index contributed by atoms with van der Waals surface area (Å²) in [5.41, 5.74) is -0.00852. The second-order valence-electron chi connectivity index (χ2n) is 6.16. The van der Waals surface area contributed by atoms with Crippen molar-refractivity contribution in [1.82, 2.24) is 10.2 Å². The lowest BCUT2D eigenvalue weighted by atomic mass is 9.97. The minimum atomic E-state index is -0.00852. The fraction of sp³-hybridized carbons (Fsp3) is 1.00. The number of hydrogen-bond donors (Lipinski definition) is 1. The number of rotatable bonds is 5. The Hall–Kier alpha value is -0.120. The summed E-state index contributed by atoms with van der Waals surface area (Å²) in [5, 5.41) is 3.46. The van der Waals surface area contributed by atoms with E-state index in [4.69, 9.17) is 4.74 Å². The van der Waals surface area contributed by atoms with Gasteiger partial charge in [-0.3, -0.25) is 4.90 Å². The molecule has 1 aliphatic rings. The van der Waals surface area contributed by atoms with Crippen LogP contribution in [0.15, 0.2) is 0 Å². The van der Waals surface area contributed by atoms with E-state index in [0.29, 0.717) is 12.1 Å². The van der Waals surface area contributed by atoms with Crippen LogP contribution in [0.25, 0.3) is 0 Å². The number of nitrogens with zero attached hydrogens (tertiary/aromatic N) is 1. The first kappa shape index (κ1) is 14.9. The third-order valence-corrected chi connectivity index (χ3v) is 3.80. The summed E-state index contributed by atoms with van der Waals surface area (Å²) in [5.74, 6) is 0.723. The van der Waals surface area contributed by atoms with E-state index in [1.807, 2.05) is 0 Å². The maximum atomic E-state index is 5.94. The van der Waals surface area contributed by atoms with Crippen LogP contribution in [-0.2, 0) is 4.74 Å². The monoisotopic (exact) mass is 242 g/mol. The van der Waals surface area contributed by atoms with E-state index in [1.165, 1.54) is 6.42 Å². The first-order valence-electron chi connectivity index (χ1n) is 6.95.